The first-order valence-corrected chi connectivity index (χ1v) is 17.4. The third kappa shape index (κ3) is 6.97. The van der Waals surface area contributed by atoms with Crippen LogP contribution in [0.3, 0.4) is 0 Å². The summed E-state index contributed by atoms with van der Waals surface area (Å²) in [7, 11) is 0. The Hall–Kier alpha value is -2.07. The van der Waals surface area contributed by atoms with Gasteiger partial charge in [0.1, 0.15) is 6.61 Å². The number of carbonyl (C=O) groups is 3. The number of ether oxygens (including phenoxy) is 3. The molecule has 0 spiro atoms. The molecule has 5 rings (SSSR count). The SMILES string of the molecule is CCCC1O[C@@H]2C[C@H]3[C@@H]4CCC5=CC(=O)C=C[C@]5(C)[C@H]4[C@@H](O)C[C@]3(C)[C@]2(C(=O)CO)O1.CCCCCCCCCCOC(=O)O. The van der Waals surface area contributed by atoms with Crippen LogP contribution in [0.4, 0.5) is 4.79 Å². The molecule has 9 nitrogen and oxygen atoms in total. The number of hydrogen-bond acceptors (Lipinski definition) is 8. The molecule has 3 N–H and O–H groups in total. The normalized spacial score (nSPS) is 37.8. The minimum absolute atomic E-state index is 0.0125. The Kier molecular flexibility index (Phi) is 12.1. The summed E-state index contributed by atoms with van der Waals surface area (Å²) >= 11 is 0. The number of carboxylic acid groups (broad SMARTS) is 1. The second kappa shape index (κ2) is 15.2. The molecule has 45 heavy (non-hydrogen) atoms. The Labute approximate surface area is 268 Å². The largest absolute Gasteiger partial charge is 0.505 e. The molecule has 0 bridgehead atoms. The standard InChI is InChI=1S/C25H34O6.C11H22O3/c1-4-5-21-30-20-11-17-16-7-6-14-10-15(27)8-9-23(14,2)22(16)18(28)12-24(17,3)25(20,31-21)19(29)13-26;1-2-3-4-5-6-7-8-9-10-14-11(12)13/h8-10,16-18,20-22,26,28H,4-7,11-13H2,1-3H3;2-10H2,1H3,(H,12,13)/t16-,17-,18-,20+,21?,22+,23-,24-,25+;/m0./s1. The highest BCUT2D eigenvalue weighted by molar-refractivity contribution is 6.01. The van der Waals surface area contributed by atoms with E-state index < -0.39 is 42.3 Å². The van der Waals surface area contributed by atoms with Gasteiger partial charge in [-0.2, -0.15) is 0 Å². The second-order valence-corrected chi connectivity index (χ2v) is 14.3. The van der Waals surface area contributed by atoms with Crippen LogP contribution in [-0.2, 0) is 23.8 Å². The lowest BCUT2D eigenvalue weighted by atomic mass is 9.46. The fourth-order valence-electron chi connectivity index (χ4n) is 9.52. The molecule has 1 heterocycles. The van der Waals surface area contributed by atoms with Crippen molar-refractivity contribution in [2.24, 2.45) is 28.6 Å². The van der Waals surface area contributed by atoms with E-state index in [9.17, 15) is 24.6 Å². The van der Waals surface area contributed by atoms with Crippen LogP contribution in [0.25, 0.3) is 0 Å². The predicted octanol–water partition coefficient (Wildman–Crippen LogP) is 6.54. The molecular weight excluding hydrogens is 576 g/mol. The van der Waals surface area contributed by atoms with E-state index in [1.165, 1.54) is 38.5 Å². The van der Waals surface area contributed by atoms with E-state index in [2.05, 4.69) is 32.4 Å². The molecule has 0 aromatic heterocycles. The third-order valence-corrected chi connectivity index (χ3v) is 11.6. The van der Waals surface area contributed by atoms with Crippen LogP contribution in [0.2, 0.25) is 0 Å². The van der Waals surface area contributed by atoms with Crippen molar-refractivity contribution < 1.29 is 43.9 Å². The fourth-order valence-corrected chi connectivity index (χ4v) is 9.52. The van der Waals surface area contributed by atoms with E-state index in [0.29, 0.717) is 25.9 Å². The highest BCUT2D eigenvalue weighted by Gasteiger charge is 2.75. The van der Waals surface area contributed by atoms with Crippen molar-refractivity contribution in [1.29, 1.82) is 0 Å². The van der Waals surface area contributed by atoms with Crippen LogP contribution < -0.4 is 0 Å². The average Bonchev–Trinajstić information content (AvgIpc) is 3.48. The zero-order chi connectivity index (χ0) is 32.8. The van der Waals surface area contributed by atoms with Gasteiger partial charge >= 0.3 is 6.16 Å². The molecule has 9 atom stereocenters. The van der Waals surface area contributed by atoms with E-state index in [-0.39, 0.29) is 34.7 Å². The maximum absolute atomic E-state index is 13.2. The van der Waals surface area contributed by atoms with Gasteiger partial charge in [-0.15, -0.1) is 0 Å². The van der Waals surface area contributed by atoms with Gasteiger partial charge < -0.3 is 29.5 Å². The molecule has 0 aromatic carbocycles. The first-order valence-electron chi connectivity index (χ1n) is 17.4. The third-order valence-electron chi connectivity index (χ3n) is 11.6. The van der Waals surface area contributed by atoms with Gasteiger partial charge in [0.25, 0.3) is 0 Å². The number of carbonyl (C=O) groups excluding carboxylic acids is 2. The molecular formula is C36H56O9. The van der Waals surface area contributed by atoms with Crippen LogP contribution in [0.5, 0.6) is 0 Å². The Bertz CT molecular complexity index is 1120. The lowest BCUT2D eigenvalue weighted by molar-refractivity contribution is -0.200. The van der Waals surface area contributed by atoms with Crippen molar-refractivity contribution in [2.75, 3.05) is 13.2 Å². The summed E-state index contributed by atoms with van der Waals surface area (Å²) in [4.78, 5) is 35.2. The molecule has 1 saturated heterocycles. The molecule has 254 valence electrons. The molecule has 0 radical (unpaired) electrons. The Morgan fingerprint density at radius 2 is 1.73 bits per heavy atom. The summed E-state index contributed by atoms with van der Waals surface area (Å²) in [5, 5.41) is 29.6. The summed E-state index contributed by atoms with van der Waals surface area (Å²) in [6.07, 6.45) is 16.8. The Balaban J connectivity index is 0.000000280. The summed E-state index contributed by atoms with van der Waals surface area (Å²) in [6, 6.07) is 0. The van der Waals surface area contributed by atoms with Crippen molar-refractivity contribution in [2.45, 2.75) is 142 Å². The monoisotopic (exact) mass is 632 g/mol. The van der Waals surface area contributed by atoms with Crippen molar-refractivity contribution >= 4 is 17.7 Å². The molecule has 0 amide bonds. The Morgan fingerprint density at radius 1 is 1.04 bits per heavy atom. The number of ketones is 2. The Morgan fingerprint density at radius 3 is 2.38 bits per heavy atom. The van der Waals surface area contributed by atoms with E-state index in [1.54, 1.807) is 12.2 Å². The van der Waals surface area contributed by atoms with E-state index in [4.69, 9.17) is 14.6 Å². The van der Waals surface area contributed by atoms with Gasteiger partial charge in [-0.1, -0.05) is 90.7 Å². The number of hydrogen-bond donors (Lipinski definition) is 3. The van der Waals surface area contributed by atoms with Crippen molar-refractivity contribution in [3.63, 3.8) is 0 Å². The molecule has 9 heteroatoms. The van der Waals surface area contributed by atoms with Crippen molar-refractivity contribution in [1.82, 2.24) is 0 Å². The molecule has 4 fully saturated rings. The number of rotatable bonds is 13. The van der Waals surface area contributed by atoms with Crippen LogP contribution in [0.1, 0.15) is 118 Å². The first kappa shape index (κ1) is 35.8. The molecule has 4 aliphatic carbocycles. The van der Waals surface area contributed by atoms with Gasteiger partial charge in [0, 0.05) is 16.7 Å². The number of aliphatic hydroxyl groups is 2. The van der Waals surface area contributed by atoms with Gasteiger partial charge in [-0.05, 0) is 62.5 Å². The van der Waals surface area contributed by atoms with Gasteiger partial charge in [0.15, 0.2) is 23.5 Å². The molecule has 0 aromatic rings. The minimum Gasteiger partial charge on any atom is -0.450 e. The summed E-state index contributed by atoms with van der Waals surface area (Å²) in [6.45, 7) is 8.24. The van der Waals surface area contributed by atoms with Gasteiger partial charge in [-0.3, -0.25) is 9.59 Å². The lowest BCUT2D eigenvalue weighted by Gasteiger charge is -2.59. The molecule has 3 saturated carbocycles. The van der Waals surface area contributed by atoms with Crippen LogP contribution in [0.15, 0.2) is 23.8 Å². The van der Waals surface area contributed by atoms with E-state index in [1.807, 2.05) is 6.08 Å². The number of fused-ring (bicyclic) bond motifs is 7. The summed E-state index contributed by atoms with van der Waals surface area (Å²) in [5.41, 5.74) is -1.05. The van der Waals surface area contributed by atoms with E-state index in [0.717, 1.165) is 37.7 Å². The predicted molar refractivity (Wildman–Crippen MR) is 169 cm³/mol. The maximum atomic E-state index is 13.2. The average molecular weight is 633 g/mol. The van der Waals surface area contributed by atoms with Gasteiger partial charge in [0.2, 0.25) is 0 Å². The topological polar surface area (TPSA) is 140 Å². The van der Waals surface area contributed by atoms with Gasteiger partial charge in [0.05, 0.1) is 18.8 Å². The van der Waals surface area contributed by atoms with Crippen LogP contribution >= 0.6 is 0 Å². The number of aliphatic hydroxyl groups excluding tert-OH is 2. The molecule has 1 aliphatic heterocycles. The molecule has 5 aliphatic rings. The first-order chi connectivity index (χ1) is 21.5. The number of Topliss-reactive ketones (excluding diaryl/α,β-unsaturated/α-hetero) is 1. The second-order valence-electron chi connectivity index (χ2n) is 14.3. The maximum Gasteiger partial charge on any atom is 0.505 e. The number of allylic oxidation sites excluding steroid dienone is 4. The summed E-state index contributed by atoms with van der Waals surface area (Å²) in [5.74, 6) is 0.0274. The highest BCUT2D eigenvalue weighted by Crippen LogP contribution is 2.69. The zero-order valence-corrected chi connectivity index (χ0v) is 27.8. The quantitative estimate of drug-likeness (QED) is 0.153. The van der Waals surface area contributed by atoms with Crippen molar-refractivity contribution in [3.8, 4) is 0 Å². The van der Waals surface area contributed by atoms with Crippen molar-refractivity contribution in [3.05, 3.63) is 23.8 Å². The highest BCUT2D eigenvalue weighted by atomic mass is 16.7. The van der Waals surface area contributed by atoms with Gasteiger partial charge in [-0.25, -0.2) is 4.79 Å². The molecule has 1 unspecified atom stereocenters. The lowest BCUT2D eigenvalue weighted by Crippen LogP contribution is -2.63. The zero-order valence-electron chi connectivity index (χ0n) is 27.8. The minimum atomic E-state index is -1.20. The van der Waals surface area contributed by atoms with Crippen LogP contribution in [-0.4, -0.2) is 70.4 Å². The summed E-state index contributed by atoms with van der Waals surface area (Å²) < 4.78 is 17.1. The smallest absolute Gasteiger partial charge is 0.450 e. The number of unbranched alkanes of at least 4 members (excludes halogenated alkanes) is 7. The van der Waals surface area contributed by atoms with E-state index >= 15 is 0 Å². The fraction of sp³-hybridized carbons (Fsp3) is 0.806. The van der Waals surface area contributed by atoms with Crippen LogP contribution in [0, 0.1) is 28.6 Å².